The summed E-state index contributed by atoms with van der Waals surface area (Å²) in [5.41, 5.74) is 5.42. The summed E-state index contributed by atoms with van der Waals surface area (Å²) in [5.74, 6) is 0.206. The lowest BCUT2D eigenvalue weighted by Crippen LogP contribution is -2.44. The first-order valence-electron chi connectivity index (χ1n) is 14.8. The minimum absolute atomic E-state index is 0.0364. The minimum atomic E-state index is -0.656. The summed E-state index contributed by atoms with van der Waals surface area (Å²) in [6.07, 6.45) is 3.88. The number of ether oxygens (including phenoxy) is 1. The predicted octanol–water partition coefficient (Wildman–Crippen LogP) is 5.40. The fourth-order valence-corrected chi connectivity index (χ4v) is 7.62. The van der Waals surface area contributed by atoms with Crippen LogP contribution in [0.3, 0.4) is 0 Å². The molecule has 42 heavy (non-hydrogen) atoms. The fourth-order valence-electron chi connectivity index (χ4n) is 6.77. The first-order valence-corrected chi connectivity index (χ1v) is 15.7. The Kier molecular flexibility index (Phi) is 7.74. The van der Waals surface area contributed by atoms with Gasteiger partial charge in [0.05, 0.1) is 18.2 Å². The highest BCUT2D eigenvalue weighted by molar-refractivity contribution is 7.14. The zero-order valence-electron chi connectivity index (χ0n) is 24.5. The average molecular weight is 590 g/mol. The van der Waals surface area contributed by atoms with E-state index in [0.717, 1.165) is 77.6 Å². The van der Waals surface area contributed by atoms with Crippen molar-refractivity contribution >= 4 is 28.3 Å². The van der Waals surface area contributed by atoms with Crippen LogP contribution in [-0.4, -0.2) is 65.3 Å². The van der Waals surface area contributed by atoms with Crippen LogP contribution in [0, 0.1) is 37.0 Å². The first-order chi connectivity index (χ1) is 20.2. The quantitative estimate of drug-likeness (QED) is 0.327. The van der Waals surface area contributed by atoms with Gasteiger partial charge in [0.1, 0.15) is 12.4 Å². The van der Waals surface area contributed by atoms with Gasteiger partial charge in [0.15, 0.2) is 5.13 Å². The maximum Gasteiger partial charge on any atom is 0.307 e. The number of aliphatic carboxylic acids is 1. The molecular formula is C33H39N3O5S. The van der Waals surface area contributed by atoms with Crippen LogP contribution in [0.15, 0.2) is 41.8 Å². The first kappa shape index (κ1) is 28.7. The average Bonchev–Trinajstić information content (AvgIpc) is 3.46. The van der Waals surface area contributed by atoms with Crippen molar-refractivity contribution in [1.29, 1.82) is 0 Å². The lowest BCUT2D eigenvalue weighted by Gasteiger charge is -2.35. The molecule has 3 atom stereocenters. The van der Waals surface area contributed by atoms with Gasteiger partial charge in [0.2, 0.25) is 0 Å². The van der Waals surface area contributed by atoms with E-state index in [2.05, 4.69) is 23.3 Å². The Morgan fingerprint density at radius 3 is 2.50 bits per heavy atom. The highest BCUT2D eigenvalue weighted by Crippen LogP contribution is 2.46. The number of aliphatic hydroxyl groups excluding tert-OH is 1. The number of carbonyl (C=O) groups excluding carboxylic acids is 1. The summed E-state index contributed by atoms with van der Waals surface area (Å²) in [6, 6.07) is 11.8. The third-order valence-corrected chi connectivity index (χ3v) is 10.4. The standard InChI is InChI=1S/C33H39N3O5S/c1-20-4-9-28(41-16-25-8-5-22(13-21(25)2)30(38)35(3)18-33(19-37)10-11-33)26(12-20)27-17-42-32(34-27)36-14-23-6-7-24(15-36)29(23)31(39)40/h4-5,8-9,12-13,17,23-24,29,37H,6-7,10-11,14-16,18-19H2,1-3H3,(H,39,40)/t23-,24+,29?. The molecule has 2 aromatic carbocycles. The van der Waals surface area contributed by atoms with Crippen LogP contribution in [0.1, 0.15) is 52.7 Å². The molecule has 2 bridgehead atoms. The number of carboxylic acid groups (broad SMARTS) is 1. The van der Waals surface area contributed by atoms with Crippen molar-refractivity contribution < 1.29 is 24.5 Å². The molecule has 0 radical (unpaired) electrons. The monoisotopic (exact) mass is 589 g/mol. The van der Waals surface area contributed by atoms with Gasteiger partial charge >= 0.3 is 5.97 Å². The number of rotatable bonds is 10. The number of fused-ring (bicyclic) bond motifs is 2. The molecule has 2 heterocycles. The maximum atomic E-state index is 13.0. The number of aryl methyl sites for hydroxylation is 2. The van der Waals surface area contributed by atoms with Gasteiger partial charge in [-0.25, -0.2) is 4.98 Å². The molecule has 2 N–H and O–H groups in total. The second-order valence-corrected chi connectivity index (χ2v) is 13.5. The third-order valence-electron chi connectivity index (χ3n) is 9.48. The van der Waals surface area contributed by atoms with Gasteiger partial charge in [-0.3, -0.25) is 9.59 Å². The van der Waals surface area contributed by atoms with E-state index in [-0.39, 0.29) is 35.7 Å². The second kappa shape index (κ2) is 11.3. The van der Waals surface area contributed by atoms with E-state index in [1.165, 1.54) is 0 Å². The smallest absolute Gasteiger partial charge is 0.307 e. The molecular weight excluding hydrogens is 550 g/mol. The van der Waals surface area contributed by atoms with Gasteiger partial charge in [-0.1, -0.05) is 17.7 Å². The summed E-state index contributed by atoms with van der Waals surface area (Å²) < 4.78 is 6.35. The van der Waals surface area contributed by atoms with E-state index in [1.807, 2.05) is 37.3 Å². The third kappa shape index (κ3) is 5.64. The minimum Gasteiger partial charge on any atom is -0.488 e. The van der Waals surface area contributed by atoms with Crippen molar-refractivity contribution in [2.45, 2.75) is 46.1 Å². The number of hydrogen-bond acceptors (Lipinski definition) is 7. The molecule has 6 rings (SSSR count). The number of piperidine rings is 1. The van der Waals surface area contributed by atoms with Crippen LogP contribution < -0.4 is 9.64 Å². The second-order valence-electron chi connectivity index (χ2n) is 12.6. The lowest BCUT2D eigenvalue weighted by atomic mass is 9.85. The zero-order chi connectivity index (χ0) is 29.6. The molecule has 1 aromatic heterocycles. The molecule has 8 nitrogen and oxygen atoms in total. The number of benzene rings is 2. The topological polar surface area (TPSA) is 103 Å². The maximum absolute atomic E-state index is 13.0. The number of thiazole rings is 1. The number of hydrogen-bond donors (Lipinski definition) is 2. The Balaban J connectivity index is 1.14. The molecule has 1 saturated heterocycles. The summed E-state index contributed by atoms with van der Waals surface area (Å²) in [5, 5.41) is 22.3. The Hall–Kier alpha value is -3.43. The normalized spacial score (nSPS) is 22.2. The van der Waals surface area contributed by atoms with Crippen LogP contribution >= 0.6 is 11.3 Å². The molecule has 1 amide bonds. The van der Waals surface area contributed by atoms with Gasteiger partial charge in [-0.05, 0) is 86.8 Å². The molecule has 1 aliphatic heterocycles. The van der Waals surface area contributed by atoms with Crippen LogP contribution in [-0.2, 0) is 11.4 Å². The number of anilines is 1. The number of nitrogens with zero attached hydrogens (tertiary/aromatic N) is 3. The number of amides is 1. The largest absolute Gasteiger partial charge is 0.488 e. The van der Waals surface area contributed by atoms with E-state index in [0.29, 0.717) is 18.7 Å². The molecule has 222 valence electrons. The van der Waals surface area contributed by atoms with Gasteiger partial charge < -0.3 is 24.7 Å². The number of aliphatic hydroxyl groups is 1. The van der Waals surface area contributed by atoms with Crippen molar-refractivity contribution in [2.24, 2.45) is 23.2 Å². The van der Waals surface area contributed by atoms with E-state index >= 15 is 0 Å². The van der Waals surface area contributed by atoms with Gasteiger partial charge in [-0.2, -0.15) is 0 Å². The molecule has 2 saturated carbocycles. The molecule has 2 aliphatic carbocycles. The number of aromatic nitrogens is 1. The van der Waals surface area contributed by atoms with Crippen LogP contribution in [0.25, 0.3) is 11.3 Å². The molecule has 3 aliphatic rings. The van der Waals surface area contributed by atoms with Crippen molar-refractivity contribution in [3.05, 3.63) is 64.0 Å². The Morgan fingerprint density at radius 2 is 1.86 bits per heavy atom. The Bertz CT molecular complexity index is 1480. The SMILES string of the molecule is Cc1ccc(OCc2ccc(C(=O)N(C)CC3(CO)CC3)cc2C)c(-c2csc(N3C[C@H]4CC[C@@H](C3)C4C(=O)O)n2)c1. The molecule has 3 fully saturated rings. The van der Waals surface area contributed by atoms with Crippen LogP contribution in [0.4, 0.5) is 5.13 Å². The summed E-state index contributed by atoms with van der Waals surface area (Å²) in [7, 11) is 1.80. The molecule has 9 heteroatoms. The summed E-state index contributed by atoms with van der Waals surface area (Å²) in [6.45, 7) is 6.59. The Labute approximate surface area is 251 Å². The van der Waals surface area contributed by atoms with E-state index in [1.54, 1.807) is 23.3 Å². The molecule has 0 spiro atoms. The van der Waals surface area contributed by atoms with E-state index in [9.17, 15) is 19.8 Å². The van der Waals surface area contributed by atoms with E-state index < -0.39 is 5.97 Å². The lowest BCUT2D eigenvalue weighted by molar-refractivity contribution is -0.144. The van der Waals surface area contributed by atoms with Crippen molar-refractivity contribution in [3.63, 3.8) is 0 Å². The van der Waals surface area contributed by atoms with Crippen LogP contribution in [0.2, 0.25) is 0 Å². The van der Waals surface area contributed by atoms with Crippen molar-refractivity contribution in [1.82, 2.24) is 9.88 Å². The number of carbonyl (C=O) groups is 2. The zero-order valence-corrected chi connectivity index (χ0v) is 25.3. The van der Waals surface area contributed by atoms with Gasteiger partial charge in [0, 0.05) is 48.6 Å². The highest BCUT2D eigenvalue weighted by atomic mass is 32.1. The van der Waals surface area contributed by atoms with Crippen molar-refractivity contribution in [3.8, 4) is 17.0 Å². The number of carboxylic acids is 1. The molecule has 3 aromatic rings. The highest BCUT2D eigenvalue weighted by Gasteiger charge is 2.46. The van der Waals surface area contributed by atoms with Gasteiger partial charge in [0.25, 0.3) is 5.91 Å². The molecule has 1 unspecified atom stereocenters. The van der Waals surface area contributed by atoms with Crippen LogP contribution in [0.5, 0.6) is 5.75 Å². The summed E-state index contributed by atoms with van der Waals surface area (Å²) >= 11 is 1.60. The van der Waals surface area contributed by atoms with Gasteiger partial charge in [-0.15, -0.1) is 11.3 Å². The van der Waals surface area contributed by atoms with Crippen molar-refractivity contribution in [2.75, 3.05) is 38.2 Å². The fraction of sp³-hybridized carbons (Fsp3) is 0.485. The summed E-state index contributed by atoms with van der Waals surface area (Å²) in [4.78, 5) is 33.8. The Morgan fingerprint density at radius 1 is 1.12 bits per heavy atom. The van der Waals surface area contributed by atoms with E-state index in [4.69, 9.17) is 9.72 Å². The predicted molar refractivity (Wildman–Crippen MR) is 163 cm³/mol.